The van der Waals surface area contributed by atoms with Crippen molar-refractivity contribution in [1.82, 2.24) is 4.90 Å². The van der Waals surface area contributed by atoms with E-state index in [0.717, 1.165) is 25.8 Å². The van der Waals surface area contributed by atoms with Crippen LogP contribution in [0.25, 0.3) is 0 Å². The highest BCUT2D eigenvalue weighted by Gasteiger charge is 2.37. The first kappa shape index (κ1) is 11.5. The lowest BCUT2D eigenvalue weighted by Crippen LogP contribution is -2.46. The molecule has 0 aliphatic carbocycles. The van der Waals surface area contributed by atoms with Crippen LogP contribution in [0.1, 0.15) is 40.0 Å². The highest BCUT2D eigenvalue weighted by molar-refractivity contribution is 5.78. The van der Waals surface area contributed by atoms with Gasteiger partial charge in [0.15, 0.2) is 0 Å². The Labute approximate surface area is 86.4 Å². The van der Waals surface area contributed by atoms with Crippen LogP contribution in [-0.4, -0.2) is 36.1 Å². The van der Waals surface area contributed by atoms with E-state index in [4.69, 9.17) is 4.74 Å². The average molecular weight is 199 g/mol. The smallest absolute Gasteiger partial charge is 0.249 e. The fourth-order valence-corrected chi connectivity index (χ4v) is 2.08. The van der Waals surface area contributed by atoms with E-state index >= 15 is 0 Å². The van der Waals surface area contributed by atoms with Crippen molar-refractivity contribution in [2.45, 2.75) is 45.6 Å². The summed E-state index contributed by atoms with van der Waals surface area (Å²) in [7, 11) is 0. The molecule has 0 bridgehead atoms. The second kappa shape index (κ2) is 4.78. The lowest BCUT2D eigenvalue weighted by molar-refractivity contribution is -0.139. The summed E-state index contributed by atoms with van der Waals surface area (Å²) in [4.78, 5) is 13.8. The van der Waals surface area contributed by atoms with Crippen molar-refractivity contribution < 1.29 is 9.53 Å². The molecule has 3 heteroatoms. The van der Waals surface area contributed by atoms with Gasteiger partial charge in [-0.1, -0.05) is 6.92 Å². The Bertz CT molecular complexity index is 205. The van der Waals surface area contributed by atoms with Gasteiger partial charge in [-0.3, -0.25) is 4.79 Å². The number of rotatable bonds is 4. The Morgan fingerprint density at radius 3 is 2.79 bits per heavy atom. The van der Waals surface area contributed by atoms with Crippen molar-refractivity contribution in [3.63, 3.8) is 0 Å². The van der Waals surface area contributed by atoms with Crippen LogP contribution < -0.4 is 0 Å². The molecule has 1 fully saturated rings. The molecule has 0 unspecified atom stereocenters. The summed E-state index contributed by atoms with van der Waals surface area (Å²) in [5.41, 5.74) is 0.0776. The molecule has 1 heterocycles. The number of likely N-dealkylation sites (tertiary alicyclic amines) is 1. The first-order valence-corrected chi connectivity index (χ1v) is 5.52. The number of hydrogen-bond donors (Lipinski definition) is 0. The maximum absolute atomic E-state index is 11.8. The van der Waals surface area contributed by atoms with Gasteiger partial charge in [-0.15, -0.1) is 0 Å². The molecule has 0 saturated carbocycles. The molecule has 0 aromatic heterocycles. The third kappa shape index (κ3) is 2.27. The first-order chi connectivity index (χ1) is 6.64. The van der Waals surface area contributed by atoms with Crippen LogP contribution in [0, 0.1) is 0 Å². The number of nitrogens with zero attached hydrogens (tertiary/aromatic N) is 1. The molecule has 82 valence electrons. The molecule has 0 aromatic rings. The van der Waals surface area contributed by atoms with Gasteiger partial charge in [-0.05, 0) is 33.1 Å². The Morgan fingerprint density at radius 1 is 1.50 bits per heavy atom. The molecular weight excluding hydrogens is 178 g/mol. The lowest BCUT2D eigenvalue weighted by Gasteiger charge is -2.34. The van der Waals surface area contributed by atoms with Gasteiger partial charge < -0.3 is 9.64 Å². The molecule has 0 N–H and O–H groups in total. The zero-order chi connectivity index (χ0) is 10.6. The van der Waals surface area contributed by atoms with Gasteiger partial charge in [0.2, 0.25) is 5.91 Å². The van der Waals surface area contributed by atoms with E-state index in [1.165, 1.54) is 0 Å². The minimum Gasteiger partial charge on any atom is -0.372 e. The summed E-state index contributed by atoms with van der Waals surface area (Å²) in [5, 5.41) is 0. The van der Waals surface area contributed by atoms with Gasteiger partial charge >= 0.3 is 0 Å². The highest BCUT2D eigenvalue weighted by atomic mass is 16.5. The van der Waals surface area contributed by atoms with E-state index in [1.54, 1.807) is 0 Å². The lowest BCUT2D eigenvalue weighted by atomic mass is 9.96. The molecule has 0 spiro atoms. The fourth-order valence-electron chi connectivity index (χ4n) is 2.08. The Kier molecular flexibility index (Phi) is 3.93. The van der Waals surface area contributed by atoms with Gasteiger partial charge in [0.1, 0.15) is 6.61 Å². The van der Waals surface area contributed by atoms with Crippen molar-refractivity contribution in [3.05, 3.63) is 0 Å². The summed E-state index contributed by atoms with van der Waals surface area (Å²) < 4.78 is 5.15. The molecule has 3 nitrogen and oxygen atoms in total. The van der Waals surface area contributed by atoms with Crippen LogP contribution in [0.2, 0.25) is 0 Å². The first-order valence-electron chi connectivity index (χ1n) is 5.52. The van der Waals surface area contributed by atoms with E-state index in [0.29, 0.717) is 6.61 Å². The van der Waals surface area contributed by atoms with Crippen LogP contribution in [0.3, 0.4) is 0 Å². The van der Waals surface area contributed by atoms with Gasteiger partial charge in [-0.2, -0.15) is 0 Å². The predicted octanol–water partition coefficient (Wildman–Crippen LogP) is 1.81. The fraction of sp³-hybridized carbons (Fsp3) is 0.909. The zero-order valence-electron chi connectivity index (χ0n) is 9.51. The van der Waals surface area contributed by atoms with Crippen molar-refractivity contribution in [3.8, 4) is 0 Å². The molecule has 1 aliphatic rings. The minimum absolute atomic E-state index is 0.0776. The summed E-state index contributed by atoms with van der Waals surface area (Å²) in [6.45, 7) is 7.98. The molecule has 1 amide bonds. The monoisotopic (exact) mass is 199 g/mol. The van der Waals surface area contributed by atoms with Crippen LogP contribution in [0.5, 0.6) is 0 Å². The van der Waals surface area contributed by atoms with Gasteiger partial charge in [0.25, 0.3) is 0 Å². The molecule has 1 rings (SSSR count). The second-order valence-corrected chi connectivity index (χ2v) is 4.14. The van der Waals surface area contributed by atoms with Crippen LogP contribution in [-0.2, 0) is 9.53 Å². The largest absolute Gasteiger partial charge is 0.372 e. The molecular formula is C11H21NO2. The Balaban J connectivity index is 2.53. The maximum Gasteiger partial charge on any atom is 0.249 e. The van der Waals surface area contributed by atoms with Crippen LogP contribution >= 0.6 is 0 Å². The molecule has 1 atom stereocenters. The summed E-state index contributed by atoms with van der Waals surface area (Å²) in [6, 6.07) is 0. The quantitative estimate of drug-likeness (QED) is 0.691. The highest BCUT2D eigenvalue weighted by Crippen LogP contribution is 2.31. The zero-order valence-corrected chi connectivity index (χ0v) is 9.51. The number of ether oxygens (including phenoxy) is 1. The van der Waals surface area contributed by atoms with Gasteiger partial charge in [0, 0.05) is 18.7 Å². The molecule has 0 radical (unpaired) electrons. The van der Waals surface area contributed by atoms with E-state index in [9.17, 15) is 4.79 Å². The maximum atomic E-state index is 11.8. The molecule has 0 aromatic carbocycles. The van der Waals surface area contributed by atoms with Gasteiger partial charge in [-0.25, -0.2) is 0 Å². The third-order valence-electron chi connectivity index (χ3n) is 3.24. The normalized spacial score (nSPS) is 26.9. The van der Waals surface area contributed by atoms with Crippen molar-refractivity contribution in [1.29, 1.82) is 0 Å². The average Bonchev–Trinajstić information content (AvgIpc) is 2.57. The number of carbonyl (C=O) groups excluding carboxylic acids is 1. The Hall–Kier alpha value is -0.570. The number of hydrogen-bond acceptors (Lipinski definition) is 2. The SMILES string of the molecule is CCOCC(=O)N1CCC[C@@]1(C)CC. The van der Waals surface area contributed by atoms with Crippen LogP contribution in [0.4, 0.5) is 0 Å². The predicted molar refractivity (Wildman–Crippen MR) is 56.1 cm³/mol. The van der Waals surface area contributed by atoms with E-state index in [1.807, 2.05) is 11.8 Å². The summed E-state index contributed by atoms with van der Waals surface area (Å²) >= 11 is 0. The number of amides is 1. The van der Waals surface area contributed by atoms with E-state index in [2.05, 4.69) is 13.8 Å². The topological polar surface area (TPSA) is 29.5 Å². The Morgan fingerprint density at radius 2 is 2.21 bits per heavy atom. The van der Waals surface area contributed by atoms with E-state index in [-0.39, 0.29) is 18.1 Å². The molecule has 1 saturated heterocycles. The second-order valence-electron chi connectivity index (χ2n) is 4.14. The van der Waals surface area contributed by atoms with Crippen molar-refractivity contribution >= 4 is 5.91 Å². The standard InChI is InChI=1S/C11H21NO2/c1-4-11(3)7-6-8-12(11)10(13)9-14-5-2/h4-9H2,1-3H3/t11-/m1/s1. The number of carbonyl (C=O) groups is 1. The minimum atomic E-state index is 0.0776. The summed E-state index contributed by atoms with van der Waals surface area (Å²) in [5.74, 6) is 0.147. The molecule has 14 heavy (non-hydrogen) atoms. The third-order valence-corrected chi connectivity index (χ3v) is 3.24. The summed E-state index contributed by atoms with van der Waals surface area (Å²) in [6.07, 6.45) is 3.29. The van der Waals surface area contributed by atoms with Crippen molar-refractivity contribution in [2.24, 2.45) is 0 Å². The van der Waals surface area contributed by atoms with Gasteiger partial charge in [0.05, 0.1) is 0 Å². The van der Waals surface area contributed by atoms with E-state index < -0.39 is 0 Å². The van der Waals surface area contributed by atoms with Crippen LogP contribution in [0.15, 0.2) is 0 Å². The molecule has 1 aliphatic heterocycles. The van der Waals surface area contributed by atoms with Crippen molar-refractivity contribution in [2.75, 3.05) is 19.8 Å².